The summed E-state index contributed by atoms with van der Waals surface area (Å²) in [6, 6.07) is 12.4. The molecule has 3 aromatic rings. The molecule has 0 aliphatic carbocycles. The number of nitrogens with zero attached hydrogens (tertiary/aromatic N) is 3. The molecule has 2 aromatic heterocycles. The molecule has 0 bridgehead atoms. The number of fused-ring (bicyclic) bond motifs is 1. The maximum absolute atomic E-state index is 4.80. The van der Waals surface area contributed by atoms with Crippen LogP contribution in [0.3, 0.4) is 0 Å². The maximum Gasteiger partial charge on any atom is 0.191 e. The number of hydrogen-bond donors (Lipinski definition) is 2. The van der Waals surface area contributed by atoms with Crippen LogP contribution in [0.25, 0.3) is 10.9 Å². The Kier molecular flexibility index (Phi) is 4.93. The van der Waals surface area contributed by atoms with Crippen LogP contribution in [0.15, 0.2) is 58.4 Å². The molecule has 1 aromatic carbocycles. The third-order valence-corrected chi connectivity index (χ3v) is 3.70. The number of guanidine groups is 1. The average molecular weight is 311 g/mol. The minimum atomic E-state index is 0.596. The normalized spacial score (nSPS) is 11.8. The van der Waals surface area contributed by atoms with Crippen molar-refractivity contribution in [3.8, 4) is 0 Å². The van der Waals surface area contributed by atoms with E-state index in [9.17, 15) is 0 Å². The van der Waals surface area contributed by atoms with Crippen molar-refractivity contribution in [2.24, 2.45) is 4.99 Å². The number of nitrogens with one attached hydrogen (secondary N) is 2. The van der Waals surface area contributed by atoms with Gasteiger partial charge in [0.05, 0.1) is 6.54 Å². The summed E-state index contributed by atoms with van der Waals surface area (Å²) in [4.78, 5) is 4.20. The Morgan fingerprint density at radius 3 is 2.96 bits per heavy atom. The molecule has 3 rings (SSSR count). The number of aliphatic imine (C=N–C) groups is 1. The average Bonchev–Trinajstić information content (AvgIpc) is 3.24. The van der Waals surface area contributed by atoms with Crippen LogP contribution >= 0.6 is 0 Å². The lowest BCUT2D eigenvalue weighted by Gasteiger charge is -2.11. The van der Waals surface area contributed by atoms with E-state index in [-0.39, 0.29) is 0 Å². The van der Waals surface area contributed by atoms with Crippen LogP contribution in [0.1, 0.15) is 12.1 Å². The van der Waals surface area contributed by atoms with Gasteiger partial charge in [-0.1, -0.05) is 23.4 Å². The molecular formula is C17H21N5O. The minimum Gasteiger partial charge on any atom is -0.364 e. The van der Waals surface area contributed by atoms with Crippen molar-refractivity contribution in [3.05, 3.63) is 54.6 Å². The highest BCUT2D eigenvalue weighted by atomic mass is 16.5. The van der Waals surface area contributed by atoms with Gasteiger partial charge in [-0.2, -0.15) is 0 Å². The van der Waals surface area contributed by atoms with E-state index in [1.54, 1.807) is 13.3 Å². The maximum atomic E-state index is 4.80. The molecule has 6 nitrogen and oxygen atoms in total. The summed E-state index contributed by atoms with van der Waals surface area (Å²) in [6.45, 7) is 2.42. The quantitative estimate of drug-likeness (QED) is 0.417. The monoisotopic (exact) mass is 311 g/mol. The fourth-order valence-electron chi connectivity index (χ4n) is 2.52. The van der Waals surface area contributed by atoms with Crippen LogP contribution in [0.4, 0.5) is 0 Å². The number of para-hydroxylation sites is 1. The topological polar surface area (TPSA) is 67.4 Å². The van der Waals surface area contributed by atoms with E-state index in [0.29, 0.717) is 6.54 Å². The van der Waals surface area contributed by atoms with E-state index in [1.807, 2.05) is 6.07 Å². The van der Waals surface area contributed by atoms with Gasteiger partial charge in [0.15, 0.2) is 5.96 Å². The zero-order valence-electron chi connectivity index (χ0n) is 13.2. The molecule has 0 aliphatic heterocycles. The molecule has 0 spiro atoms. The van der Waals surface area contributed by atoms with Gasteiger partial charge in [-0.15, -0.1) is 0 Å². The van der Waals surface area contributed by atoms with Crippen molar-refractivity contribution in [1.82, 2.24) is 20.4 Å². The Hall–Kier alpha value is -2.76. The summed E-state index contributed by atoms with van der Waals surface area (Å²) in [6.07, 6.45) is 4.72. The molecule has 2 N–H and O–H groups in total. The summed E-state index contributed by atoms with van der Waals surface area (Å²) in [5, 5.41) is 11.7. The fraction of sp³-hybridized carbons (Fsp3) is 0.294. The summed E-state index contributed by atoms with van der Waals surface area (Å²) in [7, 11) is 1.76. The highest BCUT2D eigenvalue weighted by Gasteiger charge is 2.02. The molecule has 0 saturated carbocycles. The zero-order valence-corrected chi connectivity index (χ0v) is 13.2. The molecule has 0 amide bonds. The molecule has 23 heavy (non-hydrogen) atoms. The number of rotatable bonds is 6. The number of aryl methyl sites for hydroxylation is 1. The summed E-state index contributed by atoms with van der Waals surface area (Å²) in [5.41, 5.74) is 2.13. The minimum absolute atomic E-state index is 0.596. The van der Waals surface area contributed by atoms with Crippen molar-refractivity contribution >= 4 is 16.9 Å². The number of benzene rings is 1. The van der Waals surface area contributed by atoms with Gasteiger partial charge >= 0.3 is 0 Å². The van der Waals surface area contributed by atoms with Gasteiger partial charge in [-0.3, -0.25) is 4.99 Å². The summed E-state index contributed by atoms with van der Waals surface area (Å²) < 4.78 is 7.08. The Morgan fingerprint density at radius 1 is 1.22 bits per heavy atom. The second-order valence-electron chi connectivity index (χ2n) is 5.26. The van der Waals surface area contributed by atoms with Crippen molar-refractivity contribution in [1.29, 1.82) is 0 Å². The molecule has 120 valence electrons. The molecule has 0 fully saturated rings. The van der Waals surface area contributed by atoms with Gasteiger partial charge in [0, 0.05) is 37.9 Å². The van der Waals surface area contributed by atoms with Crippen molar-refractivity contribution in [2.75, 3.05) is 13.6 Å². The van der Waals surface area contributed by atoms with Gasteiger partial charge in [0.2, 0.25) is 0 Å². The van der Waals surface area contributed by atoms with Gasteiger partial charge in [0.1, 0.15) is 12.0 Å². The van der Waals surface area contributed by atoms with E-state index in [4.69, 9.17) is 4.52 Å². The standard InChI is InChI=1S/C17H21N5O/c1-18-17(20-13-15-8-12-23-21-15)19-9-4-10-22-11-7-14-5-2-3-6-16(14)22/h2-3,5-8,11-12H,4,9-10,13H2,1H3,(H2,18,19,20). The second-order valence-corrected chi connectivity index (χ2v) is 5.26. The first-order chi connectivity index (χ1) is 11.4. The lowest BCUT2D eigenvalue weighted by atomic mass is 10.2. The lowest BCUT2D eigenvalue weighted by molar-refractivity contribution is 0.410. The van der Waals surface area contributed by atoms with Crippen LogP contribution in [0.2, 0.25) is 0 Å². The van der Waals surface area contributed by atoms with Gasteiger partial charge < -0.3 is 19.7 Å². The van der Waals surface area contributed by atoms with E-state index in [1.165, 1.54) is 10.9 Å². The lowest BCUT2D eigenvalue weighted by Crippen LogP contribution is -2.37. The molecule has 0 atom stereocenters. The molecule has 0 aliphatic rings. The van der Waals surface area contributed by atoms with Crippen LogP contribution < -0.4 is 10.6 Å². The van der Waals surface area contributed by atoms with Gasteiger partial charge in [0.25, 0.3) is 0 Å². The SMILES string of the molecule is CN=C(NCCCn1ccc2ccccc21)NCc1ccon1. The first-order valence-electron chi connectivity index (χ1n) is 7.74. The predicted molar refractivity (Wildman–Crippen MR) is 91.3 cm³/mol. The van der Waals surface area contributed by atoms with E-state index in [2.05, 4.69) is 61.9 Å². The first kappa shape index (κ1) is 15.1. The van der Waals surface area contributed by atoms with Gasteiger partial charge in [-0.25, -0.2) is 0 Å². The molecule has 0 radical (unpaired) electrons. The third kappa shape index (κ3) is 3.91. The third-order valence-electron chi connectivity index (χ3n) is 3.70. The summed E-state index contributed by atoms with van der Waals surface area (Å²) in [5.74, 6) is 0.769. The number of aromatic nitrogens is 2. The smallest absolute Gasteiger partial charge is 0.191 e. The van der Waals surface area contributed by atoms with E-state index < -0.39 is 0 Å². The van der Waals surface area contributed by atoms with Crippen molar-refractivity contribution in [2.45, 2.75) is 19.5 Å². The molecule has 2 heterocycles. The zero-order chi connectivity index (χ0) is 15.9. The predicted octanol–water partition coefficient (Wildman–Crippen LogP) is 2.38. The van der Waals surface area contributed by atoms with Crippen LogP contribution in [-0.4, -0.2) is 29.3 Å². The van der Waals surface area contributed by atoms with Gasteiger partial charge in [-0.05, 0) is 23.9 Å². The highest BCUT2D eigenvalue weighted by Crippen LogP contribution is 2.15. The van der Waals surface area contributed by atoms with E-state index in [0.717, 1.165) is 31.2 Å². The fourth-order valence-corrected chi connectivity index (χ4v) is 2.52. The summed E-state index contributed by atoms with van der Waals surface area (Å²) >= 11 is 0. The Bertz CT molecular complexity index is 760. The van der Waals surface area contributed by atoms with Crippen LogP contribution in [-0.2, 0) is 13.1 Å². The molecular weight excluding hydrogens is 290 g/mol. The van der Waals surface area contributed by atoms with Crippen molar-refractivity contribution < 1.29 is 4.52 Å². The second kappa shape index (κ2) is 7.49. The Morgan fingerprint density at radius 2 is 2.13 bits per heavy atom. The van der Waals surface area contributed by atoms with Crippen LogP contribution in [0, 0.1) is 0 Å². The highest BCUT2D eigenvalue weighted by molar-refractivity contribution is 5.80. The van der Waals surface area contributed by atoms with E-state index >= 15 is 0 Å². The first-order valence-corrected chi connectivity index (χ1v) is 7.74. The number of hydrogen-bond acceptors (Lipinski definition) is 3. The van der Waals surface area contributed by atoms with Crippen molar-refractivity contribution in [3.63, 3.8) is 0 Å². The Balaban J connectivity index is 1.43. The van der Waals surface area contributed by atoms with Crippen LogP contribution in [0.5, 0.6) is 0 Å². The molecule has 6 heteroatoms. The molecule has 0 unspecified atom stereocenters. The molecule has 0 saturated heterocycles. The Labute approximate surface area is 135 Å². The largest absolute Gasteiger partial charge is 0.364 e.